The number of nitrogens with zero attached hydrogens (tertiary/aromatic N) is 3. The first-order valence-electron chi connectivity index (χ1n) is 13.3. The summed E-state index contributed by atoms with van der Waals surface area (Å²) in [6, 6.07) is 18.1. The van der Waals surface area contributed by atoms with Crippen LogP contribution < -0.4 is 4.74 Å². The molecule has 1 N–H and O–H groups in total. The summed E-state index contributed by atoms with van der Waals surface area (Å²) in [5.74, 6) is -0.824. The van der Waals surface area contributed by atoms with Crippen molar-refractivity contribution in [2.24, 2.45) is 0 Å². The molecule has 2 saturated heterocycles. The number of Topliss-reactive ketones (excluding diaryl/α,β-unsaturated/α-hetero) is 1. The number of amides is 1. The van der Waals surface area contributed by atoms with Gasteiger partial charge in [-0.2, -0.15) is 0 Å². The average Bonchev–Trinajstić information content (AvgIpc) is 3.22. The van der Waals surface area contributed by atoms with Crippen molar-refractivity contribution >= 4 is 17.4 Å². The highest BCUT2D eigenvalue weighted by molar-refractivity contribution is 6.46. The van der Waals surface area contributed by atoms with Crippen LogP contribution in [0.2, 0.25) is 0 Å². The van der Waals surface area contributed by atoms with E-state index in [9.17, 15) is 14.7 Å². The first-order chi connectivity index (χ1) is 19.0. The van der Waals surface area contributed by atoms with Crippen molar-refractivity contribution in [3.8, 4) is 5.75 Å². The number of hydrogen-bond donors (Lipinski definition) is 1. The molecule has 202 valence electrons. The number of ketones is 1. The number of morpholine rings is 1. The van der Waals surface area contributed by atoms with Crippen molar-refractivity contribution in [3.05, 3.63) is 101 Å². The fourth-order valence-corrected chi connectivity index (χ4v) is 5.16. The smallest absolute Gasteiger partial charge is 0.295 e. The minimum Gasteiger partial charge on any atom is -0.507 e. The monoisotopic (exact) mass is 527 g/mol. The highest BCUT2D eigenvalue weighted by Crippen LogP contribution is 2.40. The molecule has 1 atom stereocenters. The highest BCUT2D eigenvalue weighted by Gasteiger charge is 2.46. The Hall–Kier alpha value is -4.01. The van der Waals surface area contributed by atoms with Crippen LogP contribution >= 0.6 is 0 Å². The number of aliphatic hydroxyl groups is 1. The van der Waals surface area contributed by atoms with Crippen LogP contribution in [0.15, 0.2) is 78.6 Å². The molecule has 0 radical (unpaired) electrons. The SMILES string of the molecule is Cc1cc(OCc2ccccc2)ccc1C(O)=C1C(=O)C(=O)N(CCCN2CCOCC2)[C@@H]1c1cccnc1. The number of rotatable bonds is 9. The number of aryl methyl sites for hydroxylation is 1. The van der Waals surface area contributed by atoms with Crippen LogP contribution in [0, 0.1) is 6.92 Å². The second kappa shape index (κ2) is 12.2. The Balaban J connectivity index is 1.40. The molecule has 0 saturated carbocycles. The summed E-state index contributed by atoms with van der Waals surface area (Å²) in [5, 5.41) is 11.5. The number of carbonyl (C=O) groups is 2. The number of aromatic nitrogens is 1. The maximum absolute atomic E-state index is 13.3. The van der Waals surface area contributed by atoms with Crippen LogP contribution in [0.3, 0.4) is 0 Å². The van der Waals surface area contributed by atoms with Gasteiger partial charge in [0.2, 0.25) is 0 Å². The molecular formula is C31H33N3O5. The van der Waals surface area contributed by atoms with E-state index in [4.69, 9.17) is 9.47 Å². The van der Waals surface area contributed by atoms with Crippen molar-refractivity contribution in [1.82, 2.24) is 14.8 Å². The van der Waals surface area contributed by atoms with Crippen LogP contribution in [0.25, 0.3) is 5.76 Å². The fraction of sp³-hybridized carbons (Fsp3) is 0.323. The van der Waals surface area contributed by atoms with E-state index in [0.29, 0.717) is 49.7 Å². The van der Waals surface area contributed by atoms with Crippen LogP contribution in [0.1, 0.15) is 34.7 Å². The van der Waals surface area contributed by atoms with E-state index < -0.39 is 17.7 Å². The van der Waals surface area contributed by atoms with Crippen LogP contribution in [0.5, 0.6) is 5.75 Å². The highest BCUT2D eigenvalue weighted by atomic mass is 16.5. The molecule has 2 aliphatic rings. The van der Waals surface area contributed by atoms with Crippen molar-refractivity contribution in [3.63, 3.8) is 0 Å². The van der Waals surface area contributed by atoms with Gasteiger partial charge in [-0.05, 0) is 54.3 Å². The van der Waals surface area contributed by atoms with Gasteiger partial charge in [-0.3, -0.25) is 19.5 Å². The molecule has 3 aromatic rings. The number of hydrogen-bond acceptors (Lipinski definition) is 7. The lowest BCUT2D eigenvalue weighted by Gasteiger charge is -2.29. The van der Waals surface area contributed by atoms with E-state index in [-0.39, 0.29) is 11.3 Å². The zero-order valence-electron chi connectivity index (χ0n) is 22.1. The lowest BCUT2D eigenvalue weighted by Crippen LogP contribution is -2.39. The van der Waals surface area contributed by atoms with Gasteiger partial charge >= 0.3 is 0 Å². The molecule has 1 aromatic heterocycles. The molecule has 2 aliphatic heterocycles. The number of benzene rings is 2. The number of ether oxygens (including phenoxy) is 2. The summed E-state index contributed by atoms with van der Waals surface area (Å²) >= 11 is 0. The maximum atomic E-state index is 13.3. The normalized spacial score (nSPS) is 19.4. The van der Waals surface area contributed by atoms with E-state index in [0.717, 1.165) is 30.8 Å². The lowest BCUT2D eigenvalue weighted by molar-refractivity contribution is -0.140. The van der Waals surface area contributed by atoms with Crippen LogP contribution in [0.4, 0.5) is 0 Å². The number of carbonyl (C=O) groups excluding carboxylic acids is 2. The predicted octanol–water partition coefficient (Wildman–Crippen LogP) is 4.11. The summed E-state index contributed by atoms with van der Waals surface area (Å²) < 4.78 is 11.3. The van der Waals surface area contributed by atoms with Gasteiger partial charge in [0.05, 0.1) is 24.8 Å². The predicted molar refractivity (Wildman–Crippen MR) is 147 cm³/mol. The molecule has 0 spiro atoms. The van der Waals surface area contributed by atoms with E-state index >= 15 is 0 Å². The molecule has 0 bridgehead atoms. The Morgan fingerprint density at radius 2 is 1.85 bits per heavy atom. The Morgan fingerprint density at radius 1 is 1.05 bits per heavy atom. The van der Waals surface area contributed by atoms with Gasteiger partial charge in [-0.15, -0.1) is 0 Å². The molecule has 2 aromatic carbocycles. The minimum absolute atomic E-state index is 0.0837. The molecule has 3 heterocycles. The quantitative estimate of drug-likeness (QED) is 0.254. The number of pyridine rings is 1. The van der Waals surface area contributed by atoms with Crippen molar-refractivity contribution in [1.29, 1.82) is 0 Å². The minimum atomic E-state index is -0.711. The molecule has 5 rings (SSSR count). The van der Waals surface area contributed by atoms with Gasteiger partial charge in [0.1, 0.15) is 18.1 Å². The summed E-state index contributed by atoms with van der Waals surface area (Å²) in [4.78, 5) is 34.6. The Labute approximate surface area is 228 Å². The van der Waals surface area contributed by atoms with E-state index in [1.165, 1.54) is 0 Å². The molecule has 8 heteroatoms. The van der Waals surface area contributed by atoms with Crippen LogP contribution in [-0.4, -0.2) is 71.0 Å². The topological polar surface area (TPSA) is 92.2 Å². The molecule has 0 unspecified atom stereocenters. The van der Waals surface area contributed by atoms with Crippen LogP contribution in [-0.2, 0) is 20.9 Å². The van der Waals surface area contributed by atoms with Gasteiger partial charge < -0.3 is 19.5 Å². The van der Waals surface area contributed by atoms with Crippen molar-refractivity contribution in [2.45, 2.75) is 26.0 Å². The summed E-state index contributed by atoms with van der Waals surface area (Å²) in [7, 11) is 0. The van der Waals surface area contributed by atoms with E-state index in [2.05, 4.69) is 9.88 Å². The summed E-state index contributed by atoms with van der Waals surface area (Å²) in [5.41, 5.74) is 3.04. The third-order valence-corrected chi connectivity index (χ3v) is 7.22. The first kappa shape index (κ1) is 26.6. The summed E-state index contributed by atoms with van der Waals surface area (Å²) in [6.07, 6.45) is 3.99. The second-order valence-corrected chi connectivity index (χ2v) is 9.84. The maximum Gasteiger partial charge on any atom is 0.295 e. The van der Waals surface area contributed by atoms with E-state index in [1.807, 2.05) is 49.4 Å². The lowest BCUT2D eigenvalue weighted by atomic mass is 9.94. The van der Waals surface area contributed by atoms with Gasteiger partial charge in [0.25, 0.3) is 11.7 Å². The number of aliphatic hydroxyl groups excluding tert-OH is 1. The number of likely N-dealkylation sites (tertiary alicyclic amines) is 1. The van der Waals surface area contributed by atoms with Crippen molar-refractivity contribution in [2.75, 3.05) is 39.4 Å². The summed E-state index contributed by atoms with van der Waals surface area (Å²) in [6.45, 7) is 6.58. The molecule has 1 amide bonds. The van der Waals surface area contributed by atoms with Crippen molar-refractivity contribution < 1.29 is 24.2 Å². The van der Waals surface area contributed by atoms with E-state index in [1.54, 1.807) is 35.5 Å². The Bertz CT molecular complexity index is 1340. The molecule has 8 nitrogen and oxygen atoms in total. The molecular weight excluding hydrogens is 494 g/mol. The Morgan fingerprint density at radius 3 is 2.56 bits per heavy atom. The third kappa shape index (κ3) is 6.02. The van der Waals surface area contributed by atoms with Gasteiger partial charge in [-0.25, -0.2) is 0 Å². The van der Waals surface area contributed by atoms with Gasteiger partial charge in [0.15, 0.2) is 0 Å². The second-order valence-electron chi connectivity index (χ2n) is 9.84. The molecule has 39 heavy (non-hydrogen) atoms. The fourth-order valence-electron chi connectivity index (χ4n) is 5.16. The first-order valence-corrected chi connectivity index (χ1v) is 13.3. The van der Waals surface area contributed by atoms with Gasteiger partial charge in [0, 0.05) is 44.1 Å². The largest absolute Gasteiger partial charge is 0.507 e. The van der Waals surface area contributed by atoms with Gasteiger partial charge in [-0.1, -0.05) is 36.4 Å². The Kier molecular flexibility index (Phi) is 8.34. The molecule has 2 fully saturated rings. The molecule has 0 aliphatic carbocycles. The zero-order chi connectivity index (χ0) is 27.2. The third-order valence-electron chi connectivity index (χ3n) is 7.22. The zero-order valence-corrected chi connectivity index (χ0v) is 22.1. The average molecular weight is 528 g/mol. The standard InChI is InChI=1S/C31H33N3O5/c1-22-19-25(39-21-23-7-3-2-4-8-23)10-11-26(22)29(35)27-28(24-9-5-12-32-20-24)34(31(37)30(27)36)14-6-13-33-15-17-38-18-16-33/h2-5,7-12,19-20,28,35H,6,13-18,21H2,1H3/t28-/m1/s1.